The standard InChI is InChI=1S/C22H19BrN2O3S3/c1-4-28-21(27)18-12(2)24-22-25(19(18)13-5-7-14(29-3)8-6-13)20(26)16(31-22)11-15-9-10-17(23)30-15/h5-11,19H,4H2,1-3H3/t19-/m0/s1. The Hall–Kier alpha value is -1.94. The summed E-state index contributed by atoms with van der Waals surface area (Å²) in [5, 5.41) is 0. The van der Waals surface area contributed by atoms with Crippen LogP contribution in [0.2, 0.25) is 0 Å². The van der Waals surface area contributed by atoms with Crippen LogP contribution in [-0.4, -0.2) is 23.4 Å². The highest BCUT2D eigenvalue weighted by Crippen LogP contribution is 2.31. The van der Waals surface area contributed by atoms with Crippen molar-refractivity contribution in [2.45, 2.75) is 24.8 Å². The topological polar surface area (TPSA) is 60.7 Å². The molecule has 0 aliphatic carbocycles. The fraction of sp³-hybridized carbons (Fsp3) is 0.227. The molecule has 1 aliphatic rings. The first-order valence-corrected chi connectivity index (χ1v) is 13.2. The Kier molecular flexibility index (Phi) is 6.66. The second-order valence-electron chi connectivity index (χ2n) is 6.72. The highest BCUT2D eigenvalue weighted by Gasteiger charge is 2.33. The minimum absolute atomic E-state index is 0.165. The van der Waals surface area contributed by atoms with Crippen LogP contribution in [-0.2, 0) is 9.53 Å². The van der Waals surface area contributed by atoms with Crippen molar-refractivity contribution in [1.82, 2.24) is 4.57 Å². The zero-order valence-electron chi connectivity index (χ0n) is 17.0. The van der Waals surface area contributed by atoms with Gasteiger partial charge in [0.1, 0.15) is 0 Å². The fourth-order valence-corrected chi connectivity index (χ4v) is 6.32. The molecule has 0 radical (unpaired) electrons. The summed E-state index contributed by atoms with van der Waals surface area (Å²) >= 11 is 7.98. The predicted molar refractivity (Wildman–Crippen MR) is 131 cm³/mol. The molecule has 4 rings (SSSR count). The zero-order valence-corrected chi connectivity index (χ0v) is 21.1. The van der Waals surface area contributed by atoms with Crippen LogP contribution in [0.15, 0.2) is 66.1 Å². The maximum atomic E-state index is 13.5. The average molecular weight is 536 g/mol. The Labute approximate surface area is 199 Å². The first-order valence-electron chi connectivity index (χ1n) is 9.52. The second kappa shape index (κ2) is 9.28. The van der Waals surface area contributed by atoms with E-state index in [1.54, 1.807) is 41.5 Å². The van der Waals surface area contributed by atoms with Crippen LogP contribution >= 0.6 is 50.4 Å². The Morgan fingerprint density at radius 2 is 2.00 bits per heavy atom. The van der Waals surface area contributed by atoms with E-state index >= 15 is 0 Å². The minimum atomic E-state index is -0.580. The molecule has 0 bridgehead atoms. The number of aromatic nitrogens is 1. The Bertz CT molecular complexity index is 1350. The van der Waals surface area contributed by atoms with E-state index in [9.17, 15) is 9.59 Å². The van der Waals surface area contributed by atoms with Crippen LogP contribution < -0.4 is 14.9 Å². The lowest BCUT2D eigenvalue weighted by atomic mass is 9.96. The molecule has 0 N–H and O–H groups in total. The molecule has 0 unspecified atom stereocenters. The molecular formula is C22H19BrN2O3S3. The quantitative estimate of drug-likeness (QED) is 0.360. The first kappa shape index (κ1) is 22.3. The molecule has 5 nitrogen and oxygen atoms in total. The number of allylic oxidation sites excluding steroid dienone is 1. The molecule has 1 atom stereocenters. The fourth-order valence-electron chi connectivity index (χ4n) is 3.43. The lowest BCUT2D eigenvalue weighted by molar-refractivity contribution is -0.139. The summed E-state index contributed by atoms with van der Waals surface area (Å²) in [7, 11) is 0. The van der Waals surface area contributed by atoms with E-state index in [1.165, 1.54) is 11.3 Å². The number of ether oxygens (including phenoxy) is 1. The van der Waals surface area contributed by atoms with Crippen LogP contribution in [0.5, 0.6) is 0 Å². The molecule has 0 fully saturated rings. The van der Waals surface area contributed by atoms with Gasteiger partial charge in [-0.15, -0.1) is 23.1 Å². The molecule has 0 saturated carbocycles. The molecule has 31 heavy (non-hydrogen) atoms. The van der Waals surface area contributed by atoms with Crippen molar-refractivity contribution < 1.29 is 9.53 Å². The molecule has 1 aromatic carbocycles. The van der Waals surface area contributed by atoms with Gasteiger partial charge in [0.15, 0.2) is 4.80 Å². The van der Waals surface area contributed by atoms with Gasteiger partial charge in [0, 0.05) is 9.77 Å². The van der Waals surface area contributed by atoms with Gasteiger partial charge in [0.05, 0.1) is 32.2 Å². The summed E-state index contributed by atoms with van der Waals surface area (Å²) in [6, 6.07) is 11.2. The number of benzene rings is 1. The zero-order chi connectivity index (χ0) is 22.1. The van der Waals surface area contributed by atoms with Crippen molar-refractivity contribution in [2.75, 3.05) is 12.9 Å². The van der Waals surface area contributed by atoms with E-state index in [2.05, 4.69) is 20.9 Å². The number of hydrogen-bond donors (Lipinski definition) is 0. The first-order chi connectivity index (χ1) is 14.9. The van der Waals surface area contributed by atoms with Gasteiger partial charge >= 0.3 is 5.97 Å². The monoisotopic (exact) mass is 534 g/mol. The van der Waals surface area contributed by atoms with Crippen LogP contribution in [0.4, 0.5) is 0 Å². The summed E-state index contributed by atoms with van der Waals surface area (Å²) in [6.07, 6.45) is 3.88. The van der Waals surface area contributed by atoms with Gasteiger partial charge in [0.2, 0.25) is 0 Å². The second-order valence-corrected chi connectivity index (χ2v) is 11.1. The summed E-state index contributed by atoms with van der Waals surface area (Å²) < 4.78 is 8.52. The molecule has 0 amide bonds. The minimum Gasteiger partial charge on any atom is -0.463 e. The molecule has 2 aromatic heterocycles. The van der Waals surface area contributed by atoms with Crippen molar-refractivity contribution in [2.24, 2.45) is 4.99 Å². The highest BCUT2D eigenvalue weighted by atomic mass is 79.9. The molecule has 0 saturated heterocycles. The Morgan fingerprint density at radius 3 is 2.61 bits per heavy atom. The normalized spacial score (nSPS) is 16.3. The average Bonchev–Trinajstić information content (AvgIpc) is 3.30. The number of esters is 1. The highest BCUT2D eigenvalue weighted by molar-refractivity contribution is 9.11. The molecule has 3 aromatic rings. The molecular weight excluding hydrogens is 516 g/mol. The van der Waals surface area contributed by atoms with E-state index in [-0.39, 0.29) is 12.2 Å². The third kappa shape index (κ3) is 4.37. The number of thiazole rings is 1. The van der Waals surface area contributed by atoms with Crippen molar-refractivity contribution >= 4 is 62.4 Å². The smallest absolute Gasteiger partial charge is 0.338 e. The van der Waals surface area contributed by atoms with Crippen molar-refractivity contribution in [3.63, 3.8) is 0 Å². The molecule has 1 aliphatic heterocycles. The Morgan fingerprint density at radius 1 is 1.26 bits per heavy atom. The summed E-state index contributed by atoms with van der Waals surface area (Å²) in [4.78, 5) is 33.6. The van der Waals surface area contributed by atoms with Crippen molar-refractivity contribution in [3.05, 3.63) is 81.6 Å². The number of hydrogen-bond acceptors (Lipinski definition) is 7. The third-order valence-corrected chi connectivity index (χ3v) is 8.11. The largest absolute Gasteiger partial charge is 0.463 e. The number of thioether (sulfide) groups is 1. The molecule has 3 heterocycles. The van der Waals surface area contributed by atoms with Gasteiger partial charge in [0.25, 0.3) is 5.56 Å². The summed E-state index contributed by atoms with van der Waals surface area (Å²) in [6.45, 7) is 3.82. The van der Waals surface area contributed by atoms with Gasteiger partial charge in [-0.1, -0.05) is 23.5 Å². The van der Waals surface area contributed by atoms with Gasteiger partial charge in [-0.05, 0) is 71.9 Å². The van der Waals surface area contributed by atoms with Gasteiger partial charge < -0.3 is 4.74 Å². The molecule has 0 spiro atoms. The predicted octanol–water partition coefficient (Wildman–Crippen LogP) is 4.34. The maximum Gasteiger partial charge on any atom is 0.338 e. The number of carbonyl (C=O) groups is 1. The van der Waals surface area contributed by atoms with Gasteiger partial charge in [-0.25, -0.2) is 9.79 Å². The third-order valence-electron chi connectivity index (χ3n) is 4.82. The maximum absolute atomic E-state index is 13.5. The number of carbonyl (C=O) groups excluding carboxylic acids is 1. The van der Waals surface area contributed by atoms with Gasteiger partial charge in [-0.2, -0.15) is 0 Å². The van der Waals surface area contributed by atoms with E-state index in [1.807, 2.05) is 48.7 Å². The van der Waals surface area contributed by atoms with E-state index in [0.29, 0.717) is 20.6 Å². The summed E-state index contributed by atoms with van der Waals surface area (Å²) in [5.74, 6) is -0.445. The van der Waals surface area contributed by atoms with Crippen molar-refractivity contribution in [3.8, 4) is 0 Å². The van der Waals surface area contributed by atoms with Gasteiger partial charge in [-0.3, -0.25) is 9.36 Å². The van der Waals surface area contributed by atoms with Crippen LogP contribution in [0.1, 0.15) is 30.3 Å². The van der Waals surface area contributed by atoms with E-state index in [0.717, 1.165) is 19.1 Å². The SMILES string of the molecule is CCOC(=O)C1=C(C)N=c2sc(=Cc3ccc(Br)s3)c(=O)n2[C@H]1c1ccc(SC)cc1. The summed E-state index contributed by atoms with van der Waals surface area (Å²) in [5.41, 5.74) is 1.66. The molecule has 9 heteroatoms. The number of rotatable bonds is 5. The lowest BCUT2D eigenvalue weighted by Crippen LogP contribution is -2.39. The number of fused-ring (bicyclic) bond motifs is 1. The van der Waals surface area contributed by atoms with Crippen molar-refractivity contribution in [1.29, 1.82) is 0 Å². The van der Waals surface area contributed by atoms with Crippen LogP contribution in [0, 0.1) is 0 Å². The number of halogens is 1. The van der Waals surface area contributed by atoms with Crippen LogP contribution in [0.3, 0.4) is 0 Å². The lowest BCUT2D eigenvalue weighted by Gasteiger charge is -2.24. The number of thiophene rings is 1. The van der Waals surface area contributed by atoms with E-state index in [4.69, 9.17) is 4.74 Å². The van der Waals surface area contributed by atoms with Crippen LogP contribution in [0.25, 0.3) is 6.08 Å². The van der Waals surface area contributed by atoms with E-state index < -0.39 is 12.0 Å². The Balaban J connectivity index is 1.94. The number of nitrogens with zero attached hydrogens (tertiary/aromatic N) is 2. The molecule has 160 valence electrons.